The van der Waals surface area contributed by atoms with E-state index in [1.54, 1.807) is 0 Å². The van der Waals surface area contributed by atoms with Gasteiger partial charge in [0.15, 0.2) is 0 Å². The number of likely N-dealkylation sites (N-methyl/N-ethyl adjacent to an activating group) is 1. The lowest BCUT2D eigenvalue weighted by Crippen LogP contribution is -2.28. The summed E-state index contributed by atoms with van der Waals surface area (Å²) in [7, 11) is 2.13. The average Bonchev–Trinajstić information content (AvgIpc) is 2.49. The summed E-state index contributed by atoms with van der Waals surface area (Å²) in [4.78, 5) is 2.31. The minimum Gasteiger partial charge on any atom is -0.492 e. The zero-order valence-corrected chi connectivity index (χ0v) is 13.4. The van der Waals surface area contributed by atoms with Crippen molar-refractivity contribution < 1.29 is 9.84 Å². The standard InChI is InChI=1S/C18H27NO2/c1-4-16(2)15-19(3)12-14-21-18-10-8-17(9-11-18)7-5-6-13-20/h8-11,16,20H,4,6,12-15H2,1-3H3. The molecule has 1 rings (SSSR count). The highest BCUT2D eigenvalue weighted by Gasteiger charge is 2.04. The summed E-state index contributed by atoms with van der Waals surface area (Å²) >= 11 is 0. The van der Waals surface area contributed by atoms with E-state index >= 15 is 0 Å². The summed E-state index contributed by atoms with van der Waals surface area (Å²) in [6.07, 6.45) is 1.73. The van der Waals surface area contributed by atoms with Gasteiger partial charge in [-0.15, -0.1) is 0 Å². The fourth-order valence-electron chi connectivity index (χ4n) is 1.93. The SMILES string of the molecule is CCC(C)CN(C)CCOc1ccc(C#CCCO)cc1. The lowest BCUT2D eigenvalue weighted by Gasteiger charge is -2.20. The molecule has 1 aromatic carbocycles. The number of aliphatic hydroxyl groups is 1. The maximum absolute atomic E-state index is 8.67. The molecule has 0 aliphatic rings. The first kappa shape index (κ1) is 17.6. The highest BCUT2D eigenvalue weighted by Crippen LogP contribution is 2.11. The summed E-state index contributed by atoms with van der Waals surface area (Å²) in [5, 5.41) is 8.67. The second-order valence-corrected chi connectivity index (χ2v) is 5.42. The second-order valence-electron chi connectivity index (χ2n) is 5.42. The third-order valence-corrected chi connectivity index (χ3v) is 3.39. The maximum atomic E-state index is 8.67. The quantitative estimate of drug-likeness (QED) is 0.747. The molecule has 0 fully saturated rings. The van der Waals surface area contributed by atoms with Gasteiger partial charge < -0.3 is 14.7 Å². The Labute approximate surface area is 128 Å². The van der Waals surface area contributed by atoms with Crippen LogP contribution in [0.4, 0.5) is 0 Å². The van der Waals surface area contributed by atoms with E-state index in [1.165, 1.54) is 6.42 Å². The van der Waals surface area contributed by atoms with Crippen LogP contribution in [0.1, 0.15) is 32.3 Å². The first-order chi connectivity index (χ1) is 10.2. The first-order valence-electron chi connectivity index (χ1n) is 7.66. The number of rotatable bonds is 8. The van der Waals surface area contributed by atoms with Crippen LogP contribution in [0, 0.1) is 17.8 Å². The maximum Gasteiger partial charge on any atom is 0.119 e. The molecule has 116 valence electrons. The van der Waals surface area contributed by atoms with Crippen molar-refractivity contribution in [3.05, 3.63) is 29.8 Å². The van der Waals surface area contributed by atoms with E-state index in [0.29, 0.717) is 13.0 Å². The van der Waals surface area contributed by atoms with Crippen LogP contribution >= 0.6 is 0 Å². The summed E-state index contributed by atoms with van der Waals surface area (Å²) in [5.74, 6) is 7.51. The van der Waals surface area contributed by atoms with Crippen LogP contribution in [-0.2, 0) is 0 Å². The van der Waals surface area contributed by atoms with Gasteiger partial charge in [-0.1, -0.05) is 32.1 Å². The predicted molar refractivity (Wildman–Crippen MR) is 87.5 cm³/mol. The predicted octanol–water partition coefficient (Wildman–Crippen LogP) is 2.78. The molecule has 0 radical (unpaired) electrons. The molecule has 0 heterocycles. The van der Waals surface area contributed by atoms with Crippen molar-refractivity contribution in [2.24, 2.45) is 5.92 Å². The Morgan fingerprint density at radius 3 is 2.62 bits per heavy atom. The third-order valence-electron chi connectivity index (χ3n) is 3.39. The molecule has 0 bridgehead atoms. The van der Waals surface area contributed by atoms with Crippen LogP contribution in [0.15, 0.2) is 24.3 Å². The zero-order chi connectivity index (χ0) is 15.5. The van der Waals surface area contributed by atoms with Gasteiger partial charge in [-0.2, -0.15) is 0 Å². The minimum absolute atomic E-state index is 0.109. The van der Waals surface area contributed by atoms with Crippen LogP contribution in [0.25, 0.3) is 0 Å². The monoisotopic (exact) mass is 289 g/mol. The molecule has 1 atom stereocenters. The van der Waals surface area contributed by atoms with E-state index < -0.39 is 0 Å². The number of aliphatic hydroxyl groups excluding tert-OH is 1. The van der Waals surface area contributed by atoms with Crippen LogP contribution < -0.4 is 4.74 Å². The van der Waals surface area contributed by atoms with Crippen molar-refractivity contribution >= 4 is 0 Å². The lowest BCUT2D eigenvalue weighted by molar-refractivity contribution is 0.217. The zero-order valence-electron chi connectivity index (χ0n) is 13.4. The molecule has 0 amide bonds. The topological polar surface area (TPSA) is 32.7 Å². The number of benzene rings is 1. The second kappa shape index (κ2) is 10.3. The molecule has 3 nitrogen and oxygen atoms in total. The summed E-state index contributed by atoms with van der Waals surface area (Å²) in [5.41, 5.74) is 0.949. The molecule has 1 unspecified atom stereocenters. The summed E-state index contributed by atoms with van der Waals surface area (Å²) in [6, 6.07) is 7.78. The van der Waals surface area contributed by atoms with Crippen molar-refractivity contribution in [1.29, 1.82) is 0 Å². The molecular formula is C18H27NO2. The van der Waals surface area contributed by atoms with Gasteiger partial charge in [0.05, 0.1) is 6.61 Å². The van der Waals surface area contributed by atoms with Gasteiger partial charge in [-0.25, -0.2) is 0 Å². The average molecular weight is 289 g/mol. The summed E-state index contributed by atoms with van der Waals surface area (Å²) < 4.78 is 5.74. The van der Waals surface area contributed by atoms with Crippen molar-refractivity contribution in [3.63, 3.8) is 0 Å². The summed E-state index contributed by atoms with van der Waals surface area (Å²) in [6.45, 7) is 7.34. The molecule has 1 aromatic rings. The minimum atomic E-state index is 0.109. The highest BCUT2D eigenvalue weighted by atomic mass is 16.5. The van der Waals surface area contributed by atoms with E-state index in [9.17, 15) is 0 Å². The fraction of sp³-hybridized carbons (Fsp3) is 0.556. The van der Waals surface area contributed by atoms with Gasteiger partial charge >= 0.3 is 0 Å². The molecule has 21 heavy (non-hydrogen) atoms. The fourth-order valence-corrected chi connectivity index (χ4v) is 1.93. The van der Waals surface area contributed by atoms with E-state index in [1.807, 2.05) is 24.3 Å². The van der Waals surface area contributed by atoms with Crippen molar-refractivity contribution in [1.82, 2.24) is 4.90 Å². The van der Waals surface area contributed by atoms with Gasteiger partial charge in [0, 0.05) is 25.1 Å². The van der Waals surface area contributed by atoms with Crippen LogP contribution in [0.2, 0.25) is 0 Å². The molecule has 0 saturated heterocycles. The Balaban J connectivity index is 2.31. The third kappa shape index (κ3) is 7.75. The molecule has 0 aromatic heterocycles. The Kier molecular flexibility index (Phi) is 8.57. The number of hydrogen-bond acceptors (Lipinski definition) is 3. The molecule has 0 saturated carbocycles. The lowest BCUT2D eigenvalue weighted by atomic mass is 10.1. The molecule has 0 aliphatic carbocycles. The molecule has 1 N–H and O–H groups in total. The van der Waals surface area contributed by atoms with Crippen LogP contribution in [0.5, 0.6) is 5.75 Å². The van der Waals surface area contributed by atoms with E-state index in [4.69, 9.17) is 9.84 Å². The van der Waals surface area contributed by atoms with E-state index in [0.717, 1.165) is 30.3 Å². The van der Waals surface area contributed by atoms with Gasteiger partial charge in [0.25, 0.3) is 0 Å². The van der Waals surface area contributed by atoms with Gasteiger partial charge in [0.1, 0.15) is 12.4 Å². The Morgan fingerprint density at radius 1 is 1.29 bits per heavy atom. The smallest absolute Gasteiger partial charge is 0.119 e. The normalized spacial score (nSPS) is 11.9. The van der Waals surface area contributed by atoms with Gasteiger partial charge in [-0.3, -0.25) is 0 Å². The van der Waals surface area contributed by atoms with Crippen molar-refractivity contribution in [2.75, 3.05) is 33.4 Å². The number of nitrogens with zero attached hydrogens (tertiary/aromatic N) is 1. The largest absolute Gasteiger partial charge is 0.492 e. The van der Waals surface area contributed by atoms with Gasteiger partial charge in [0.2, 0.25) is 0 Å². The first-order valence-corrected chi connectivity index (χ1v) is 7.66. The van der Waals surface area contributed by atoms with Crippen LogP contribution in [0.3, 0.4) is 0 Å². The molecule has 0 aliphatic heterocycles. The Morgan fingerprint density at radius 2 is 2.00 bits per heavy atom. The Hall–Kier alpha value is -1.50. The molecule has 0 spiro atoms. The van der Waals surface area contributed by atoms with Crippen molar-refractivity contribution in [3.8, 4) is 17.6 Å². The highest BCUT2D eigenvalue weighted by molar-refractivity contribution is 5.38. The number of hydrogen-bond donors (Lipinski definition) is 1. The van der Waals surface area contributed by atoms with Gasteiger partial charge in [-0.05, 0) is 37.2 Å². The Bertz CT molecular complexity index is 445. The number of ether oxygens (including phenoxy) is 1. The molecular weight excluding hydrogens is 262 g/mol. The van der Waals surface area contributed by atoms with E-state index in [-0.39, 0.29) is 6.61 Å². The molecule has 3 heteroatoms. The van der Waals surface area contributed by atoms with Crippen LogP contribution in [-0.4, -0.2) is 43.4 Å². The van der Waals surface area contributed by atoms with E-state index in [2.05, 4.69) is 37.6 Å². The van der Waals surface area contributed by atoms with Crippen molar-refractivity contribution in [2.45, 2.75) is 26.7 Å².